The lowest BCUT2D eigenvalue weighted by molar-refractivity contribution is 0.102. The van der Waals surface area contributed by atoms with Gasteiger partial charge >= 0.3 is 0 Å². The van der Waals surface area contributed by atoms with E-state index in [4.69, 9.17) is 16.3 Å². The van der Waals surface area contributed by atoms with Crippen LogP contribution in [0.5, 0.6) is 5.75 Å². The molecule has 9 heteroatoms. The van der Waals surface area contributed by atoms with Crippen LogP contribution in [0, 0.1) is 0 Å². The number of rotatable bonds is 6. The number of anilines is 2. The highest BCUT2D eigenvalue weighted by molar-refractivity contribution is 7.94. The van der Waals surface area contributed by atoms with Gasteiger partial charge < -0.3 is 10.1 Å². The van der Waals surface area contributed by atoms with Crippen LogP contribution in [0.15, 0.2) is 64.2 Å². The molecule has 146 valence electrons. The molecule has 0 unspecified atom stereocenters. The maximum Gasteiger partial charge on any atom is 0.273 e. The molecule has 0 aliphatic carbocycles. The third-order valence-electron chi connectivity index (χ3n) is 4.01. The average Bonchev–Trinajstić information content (AvgIpc) is 3.23. The van der Waals surface area contributed by atoms with Crippen molar-refractivity contribution in [3.63, 3.8) is 0 Å². The fraction of sp³-hybridized carbons (Fsp3) is 0.105. The minimum Gasteiger partial charge on any atom is -0.495 e. The summed E-state index contributed by atoms with van der Waals surface area (Å²) >= 11 is 7.21. The first-order valence-corrected chi connectivity index (χ1v) is 10.8. The highest BCUT2D eigenvalue weighted by atomic mass is 35.5. The number of thiophene rings is 1. The fourth-order valence-corrected chi connectivity index (χ4v) is 5.07. The summed E-state index contributed by atoms with van der Waals surface area (Å²) < 4.78 is 31.7. The Morgan fingerprint density at radius 1 is 1.14 bits per heavy atom. The summed E-state index contributed by atoms with van der Waals surface area (Å²) in [6.07, 6.45) is 0. The summed E-state index contributed by atoms with van der Waals surface area (Å²) in [6.45, 7) is 0. The number of benzene rings is 2. The van der Waals surface area contributed by atoms with Gasteiger partial charge in [0, 0.05) is 18.3 Å². The van der Waals surface area contributed by atoms with E-state index in [0.29, 0.717) is 27.7 Å². The smallest absolute Gasteiger partial charge is 0.273 e. The highest BCUT2D eigenvalue weighted by Gasteiger charge is 2.22. The molecule has 1 heterocycles. The third kappa shape index (κ3) is 4.14. The predicted molar refractivity (Wildman–Crippen MR) is 112 cm³/mol. The molecule has 0 radical (unpaired) electrons. The number of hydrogen-bond acceptors (Lipinski definition) is 5. The largest absolute Gasteiger partial charge is 0.495 e. The lowest BCUT2D eigenvalue weighted by atomic mass is 10.2. The second-order valence-corrected chi connectivity index (χ2v) is 9.31. The van der Waals surface area contributed by atoms with Gasteiger partial charge in [0.15, 0.2) is 0 Å². The van der Waals surface area contributed by atoms with Crippen molar-refractivity contribution in [3.05, 3.63) is 70.6 Å². The number of ether oxygens (including phenoxy) is 1. The molecule has 1 N–H and O–H groups in total. The number of carbonyl (C=O) groups excluding carboxylic acids is 1. The van der Waals surface area contributed by atoms with E-state index in [1.54, 1.807) is 60.0 Å². The lowest BCUT2D eigenvalue weighted by Crippen LogP contribution is -2.25. The normalized spacial score (nSPS) is 11.1. The van der Waals surface area contributed by atoms with Crippen molar-refractivity contribution in [2.24, 2.45) is 0 Å². The topological polar surface area (TPSA) is 75.7 Å². The van der Waals surface area contributed by atoms with E-state index in [2.05, 4.69) is 5.32 Å². The first-order chi connectivity index (χ1) is 13.3. The zero-order valence-corrected chi connectivity index (χ0v) is 17.4. The van der Waals surface area contributed by atoms with Gasteiger partial charge in [-0.15, -0.1) is 11.3 Å². The van der Waals surface area contributed by atoms with Gasteiger partial charge in [-0.3, -0.25) is 9.10 Å². The molecule has 0 saturated heterocycles. The van der Waals surface area contributed by atoms with Crippen molar-refractivity contribution in [1.82, 2.24) is 0 Å². The quantitative estimate of drug-likeness (QED) is 0.617. The van der Waals surface area contributed by atoms with Gasteiger partial charge in [-0.2, -0.15) is 0 Å². The SMILES string of the molecule is COc1ccc(NC(=O)c2ccc(N(C)S(=O)(=O)c3cccs3)cc2)cc1Cl. The maximum absolute atomic E-state index is 12.6. The van der Waals surface area contributed by atoms with Crippen LogP contribution >= 0.6 is 22.9 Å². The van der Waals surface area contributed by atoms with E-state index in [9.17, 15) is 13.2 Å². The van der Waals surface area contributed by atoms with Crippen LogP contribution in [0.3, 0.4) is 0 Å². The van der Waals surface area contributed by atoms with E-state index in [1.807, 2.05) is 0 Å². The monoisotopic (exact) mass is 436 g/mol. The van der Waals surface area contributed by atoms with Gasteiger partial charge in [0.2, 0.25) is 0 Å². The minimum absolute atomic E-state index is 0.258. The standard InChI is InChI=1S/C19H17ClN2O4S2/c1-22(28(24,25)18-4-3-11-27-18)15-8-5-13(6-9-15)19(23)21-14-7-10-17(26-2)16(20)12-14/h3-12H,1-2H3,(H,21,23). The molecule has 0 atom stereocenters. The number of methoxy groups -OCH3 is 1. The summed E-state index contributed by atoms with van der Waals surface area (Å²) in [5, 5.41) is 4.84. The molecule has 3 aromatic rings. The lowest BCUT2D eigenvalue weighted by Gasteiger charge is -2.18. The van der Waals surface area contributed by atoms with Gasteiger partial charge in [0.25, 0.3) is 15.9 Å². The Morgan fingerprint density at radius 2 is 1.86 bits per heavy atom. The number of sulfonamides is 1. The van der Waals surface area contributed by atoms with Gasteiger partial charge in [-0.05, 0) is 53.9 Å². The molecule has 1 amide bonds. The van der Waals surface area contributed by atoms with E-state index in [-0.39, 0.29) is 10.1 Å². The summed E-state index contributed by atoms with van der Waals surface area (Å²) in [7, 11) is -0.631. The predicted octanol–water partition coefficient (Wildman–Crippen LogP) is 4.49. The number of hydrogen-bond donors (Lipinski definition) is 1. The molecule has 28 heavy (non-hydrogen) atoms. The Kier molecular flexibility index (Phi) is 5.93. The summed E-state index contributed by atoms with van der Waals surface area (Å²) in [5.41, 5.74) is 1.37. The van der Waals surface area contributed by atoms with Crippen molar-refractivity contribution < 1.29 is 17.9 Å². The molecule has 0 aliphatic rings. The van der Waals surface area contributed by atoms with Crippen molar-refractivity contribution >= 4 is 50.2 Å². The van der Waals surface area contributed by atoms with Crippen molar-refractivity contribution in [2.75, 3.05) is 23.8 Å². The molecule has 0 saturated carbocycles. The minimum atomic E-state index is -3.62. The van der Waals surface area contributed by atoms with Crippen LogP contribution in [-0.4, -0.2) is 28.5 Å². The maximum atomic E-state index is 12.6. The summed E-state index contributed by atoms with van der Waals surface area (Å²) in [4.78, 5) is 12.4. The van der Waals surface area contributed by atoms with Crippen LogP contribution in [0.1, 0.15) is 10.4 Å². The first kappa shape index (κ1) is 20.2. The molecule has 0 spiro atoms. The Hall–Kier alpha value is -2.55. The summed E-state index contributed by atoms with van der Waals surface area (Å²) in [6, 6.07) is 14.5. The van der Waals surface area contributed by atoms with E-state index >= 15 is 0 Å². The van der Waals surface area contributed by atoms with Gasteiger partial charge in [0.05, 0.1) is 17.8 Å². The molecule has 3 rings (SSSR count). The molecular weight excluding hydrogens is 420 g/mol. The van der Waals surface area contributed by atoms with Crippen molar-refractivity contribution in [2.45, 2.75) is 4.21 Å². The second kappa shape index (κ2) is 8.22. The molecule has 0 fully saturated rings. The van der Waals surface area contributed by atoms with Crippen LogP contribution < -0.4 is 14.4 Å². The van der Waals surface area contributed by atoms with E-state index < -0.39 is 10.0 Å². The summed E-state index contributed by atoms with van der Waals surface area (Å²) in [5.74, 6) is 0.176. The van der Waals surface area contributed by atoms with Crippen LogP contribution in [0.4, 0.5) is 11.4 Å². The van der Waals surface area contributed by atoms with E-state index in [0.717, 1.165) is 11.3 Å². The molecule has 0 bridgehead atoms. The first-order valence-electron chi connectivity index (χ1n) is 8.10. The number of carbonyl (C=O) groups is 1. The Bertz CT molecular complexity index is 1080. The Morgan fingerprint density at radius 3 is 2.43 bits per heavy atom. The number of halogens is 1. The van der Waals surface area contributed by atoms with Crippen LogP contribution in [-0.2, 0) is 10.0 Å². The number of amides is 1. The van der Waals surface area contributed by atoms with Crippen LogP contribution in [0.2, 0.25) is 5.02 Å². The zero-order valence-electron chi connectivity index (χ0n) is 15.0. The number of nitrogens with zero attached hydrogens (tertiary/aromatic N) is 1. The van der Waals surface area contributed by atoms with Crippen molar-refractivity contribution in [3.8, 4) is 5.75 Å². The van der Waals surface area contributed by atoms with Crippen LogP contribution in [0.25, 0.3) is 0 Å². The van der Waals surface area contributed by atoms with Gasteiger partial charge in [-0.25, -0.2) is 8.42 Å². The molecular formula is C19H17ClN2O4S2. The molecule has 2 aromatic carbocycles. The van der Waals surface area contributed by atoms with Crippen molar-refractivity contribution in [1.29, 1.82) is 0 Å². The van der Waals surface area contributed by atoms with E-state index in [1.165, 1.54) is 18.5 Å². The molecule has 1 aromatic heterocycles. The molecule has 6 nitrogen and oxygen atoms in total. The molecule has 0 aliphatic heterocycles. The third-order valence-corrected chi connectivity index (χ3v) is 7.47. The fourth-order valence-electron chi connectivity index (χ4n) is 2.45. The Labute approximate surface area is 172 Å². The zero-order chi connectivity index (χ0) is 20.3. The average molecular weight is 437 g/mol. The van der Waals surface area contributed by atoms with Gasteiger partial charge in [0.1, 0.15) is 9.96 Å². The Balaban J connectivity index is 1.75. The van der Waals surface area contributed by atoms with Gasteiger partial charge in [-0.1, -0.05) is 17.7 Å². The second-order valence-electron chi connectivity index (χ2n) is 5.75. The number of nitrogens with one attached hydrogen (secondary N) is 1. The highest BCUT2D eigenvalue weighted by Crippen LogP contribution is 2.28.